The molecular weight excluding hydrogens is 379 g/mol. The molecule has 0 unspecified atom stereocenters. The minimum absolute atomic E-state index is 0. The number of rotatable bonds is 5. The fourth-order valence-electron chi connectivity index (χ4n) is 3.87. The van der Waals surface area contributed by atoms with Crippen molar-refractivity contribution in [2.75, 3.05) is 20.2 Å². The zero-order valence-electron chi connectivity index (χ0n) is 16.4. The summed E-state index contributed by atoms with van der Waals surface area (Å²) in [6, 6.07) is 14.4. The zero-order valence-corrected chi connectivity index (χ0v) is 17.2. The Morgan fingerprint density at radius 1 is 1.21 bits per heavy atom. The lowest BCUT2D eigenvalue weighted by Gasteiger charge is -2.37. The number of hydrogen-bond acceptors (Lipinski definition) is 3. The topological polar surface area (TPSA) is 55.6 Å². The van der Waals surface area contributed by atoms with Crippen LogP contribution in [0.25, 0.3) is 0 Å². The normalized spacial score (nSPS) is 16.8. The maximum Gasteiger partial charge on any atom is 0.242 e. The molecule has 2 aromatic carbocycles. The molecule has 0 saturated carbocycles. The number of piperidine rings is 1. The fourth-order valence-corrected chi connectivity index (χ4v) is 3.87. The lowest BCUT2D eigenvalue weighted by Crippen LogP contribution is -2.56. The largest absolute Gasteiger partial charge is 0.496 e. The van der Waals surface area contributed by atoms with Gasteiger partial charge >= 0.3 is 0 Å². The Morgan fingerprint density at radius 2 is 1.86 bits per heavy atom. The van der Waals surface area contributed by atoms with Crippen LogP contribution < -0.4 is 10.5 Å². The van der Waals surface area contributed by atoms with Crippen molar-refractivity contribution in [2.45, 2.75) is 37.6 Å². The van der Waals surface area contributed by atoms with Crippen molar-refractivity contribution in [3.05, 3.63) is 65.5 Å². The summed E-state index contributed by atoms with van der Waals surface area (Å²) >= 11 is 0. The van der Waals surface area contributed by atoms with Crippen LogP contribution in [-0.2, 0) is 11.2 Å². The van der Waals surface area contributed by atoms with Crippen molar-refractivity contribution in [3.63, 3.8) is 0 Å². The van der Waals surface area contributed by atoms with Gasteiger partial charge in [-0.25, -0.2) is 4.39 Å². The Morgan fingerprint density at radius 3 is 2.46 bits per heavy atom. The predicted molar refractivity (Wildman–Crippen MR) is 111 cm³/mol. The van der Waals surface area contributed by atoms with Gasteiger partial charge in [-0.05, 0) is 55.9 Å². The second-order valence-electron chi connectivity index (χ2n) is 7.53. The van der Waals surface area contributed by atoms with Gasteiger partial charge in [0, 0.05) is 18.7 Å². The van der Waals surface area contributed by atoms with Crippen LogP contribution in [0.3, 0.4) is 0 Å². The predicted octanol–water partition coefficient (Wildman–Crippen LogP) is 3.92. The molecule has 0 bridgehead atoms. The third-order valence-electron chi connectivity index (χ3n) is 5.32. The van der Waals surface area contributed by atoms with Gasteiger partial charge in [-0.15, -0.1) is 12.4 Å². The van der Waals surface area contributed by atoms with Gasteiger partial charge in [-0.3, -0.25) is 4.79 Å². The molecule has 1 atom stereocenters. The molecule has 1 fully saturated rings. The van der Waals surface area contributed by atoms with Crippen LogP contribution in [0.15, 0.2) is 48.5 Å². The van der Waals surface area contributed by atoms with Gasteiger partial charge in [0.15, 0.2) is 0 Å². The van der Waals surface area contributed by atoms with Crippen molar-refractivity contribution >= 4 is 18.3 Å². The number of ether oxygens (including phenoxy) is 1. The molecule has 6 heteroatoms. The molecule has 2 aromatic rings. The van der Waals surface area contributed by atoms with E-state index in [0.717, 1.165) is 24.0 Å². The summed E-state index contributed by atoms with van der Waals surface area (Å²) in [5.41, 5.74) is 7.36. The molecule has 1 amide bonds. The van der Waals surface area contributed by atoms with Crippen molar-refractivity contribution in [1.29, 1.82) is 0 Å². The number of carbonyl (C=O) groups is 1. The van der Waals surface area contributed by atoms with E-state index >= 15 is 0 Å². The number of benzene rings is 2. The summed E-state index contributed by atoms with van der Waals surface area (Å²) < 4.78 is 19.1. The maximum atomic E-state index is 13.7. The third-order valence-corrected chi connectivity index (χ3v) is 5.32. The van der Waals surface area contributed by atoms with E-state index < -0.39 is 5.54 Å². The van der Waals surface area contributed by atoms with Gasteiger partial charge in [0.25, 0.3) is 0 Å². The van der Waals surface area contributed by atoms with Crippen molar-refractivity contribution < 1.29 is 13.9 Å². The van der Waals surface area contributed by atoms with E-state index in [-0.39, 0.29) is 30.0 Å². The van der Waals surface area contributed by atoms with Gasteiger partial charge < -0.3 is 15.4 Å². The Bertz CT molecular complexity index is 790. The summed E-state index contributed by atoms with van der Waals surface area (Å²) in [4.78, 5) is 14.8. The molecule has 1 aliphatic heterocycles. The van der Waals surface area contributed by atoms with E-state index in [1.54, 1.807) is 26.2 Å². The van der Waals surface area contributed by atoms with E-state index in [1.165, 1.54) is 6.07 Å². The first-order valence-electron chi connectivity index (χ1n) is 9.36. The second-order valence-corrected chi connectivity index (χ2v) is 7.53. The molecule has 28 heavy (non-hydrogen) atoms. The zero-order chi connectivity index (χ0) is 19.4. The summed E-state index contributed by atoms with van der Waals surface area (Å²) in [7, 11) is 1.60. The molecule has 1 aliphatic rings. The van der Waals surface area contributed by atoms with Crippen LogP contribution in [0.2, 0.25) is 0 Å². The van der Waals surface area contributed by atoms with Crippen LogP contribution in [-0.4, -0.2) is 36.5 Å². The number of amides is 1. The molecule has 2 N–H and O–H groups in total. The number of hydrogen-bond donors (Lipinski definition) is 1. The van der Waals surface area contributed by atoms with Gasteiger partial charge in [-0.2, -0.15) is 0 Å². The highest BCUT2D eigenvalue weighted by molar-refractivity contribution is 5.86. The van der Waals surface area contributed by atoms with Crippen LogP contribution >= 0.6 is 12.4 Å². The number of nitrogens with two attached hydrogens (primary N) is 1. The Balaban J connectivity index is 0.00000280. The summed E-state index contributed by atoms with van der Waals surface area (Å²) in [6.07, 6.45) is 2.05. The molecule has 4 nitrogen and oxygen atoms in total. The van der Waals surface area contributed by atoms with Gasteiger partial charge in [0.05, 0.1) is 12.6 Å². The average Bonchev–Trinajstić information content (AvgIpc) is 2.68. The van der Waals surface area contributed by atoms with E-state index in [2.05, 4.69) is 0 Å². The lowest BCUT2D eigenvalue weighted by molar-refractivity contribution is -0.137. The molecule has 152 valence electrons. The van der Waals surface area contributed by atoms with Crippen LogP contribution in [0.4, 0.5) is 4.39 Å². The van der Waals surface area contributed by atoms with E-state index in [0.29, 0.717) is 25.3 Å². The number of halogens is 2. The number of likely N-dealkylation sites (tertiary alicyclic amines) is 1. The summed E-state index contributed by atoms with van der Waals surface area (Å²) in [5, 5.41) is 0. The molecule has 0 spiro atoms. The highest BCUT2D eigenvalue weighted by Crippen LogP contribution is 2.35. The quantitative estimate of drug-likeness (QED) is 0.818. The van der Waals surface area contributed by atoms with E-state index in [4.69, 9.17) is 10.5 Å². The molecule has 0 aliphatic carbocycles. The molecule has 0 aromatic heterocycles. The highest BCUT2D eigenvalue weighted by Gasteiger charge is 2.35. The monoisotopic (exact) mass is 406 g/mol. The number of methoxy groups -OCH3 is 1. The minimum atomic E-state index is -0.940. The van der Waals surface area contributed by atoms with Gasteiger partial charge in [0.2, 0.25) is 5.91 Å². The Hall–Kier alpha value is -2.11. The van der Waals surface area contributed by atoms with Crippen molar-refractivity contribution in [2.24, 2.45) is 5.73 Å². The average molecular weight is 407 g/mol. The first-order valence-corrected chi connectivity index (χ1v) is 9.36. The number of carbonyl (C=O) groups excluding carboxylic acids is 1. The van der Waals surface area contributed by atoms with E-state index in [1.807, 2.05) is 35.2 Å². The highest BCUT2D eigenvalue weighted by atomic mass is 35.5. The SMILES string of the molecule is COc1ccc(F)cc1C1CCN(C(=O)[C@](C)(N)Cc2ccccc2)CC1.Cl. The smallest absolute Gasteiger partial charge is 0.242 e. The van der Waals surface area contributed by atoms with Crippen LogP contribution in [0.1, 0.15) is 36.8 Å². The summed E-state index contributed by atoms with van der Waals surface area (Å²) in [6.45, 7) is 3.03. The summed E-state index contributed by atoms with van der Waals surface area (Å²) in [5.74, 6) is 0.587. The maximum absolute atomic E-state index is 13.7. The first kappa shape index (κ1) is 22.2. The standard InChI is InChI=1S/C22H27FN2O2.ClH/c1-22(24,15-16-6-4-3-5-7-16)21(26)25-12-10-17(11-13-25)19-14-18(23)8-9-20(19)27-2;/h3-9,14,17H,10-13,15,24H2,1-2H3;1H/t22-;/m1./s1. The lowest BCUT2D eigenvalue weighted by atomic mass is 9.86. The van der Waals surface area contributed by atoms with Gasteiger partial charge in [0.1, 0.15) is 11.6 Å². The van der Waals surface area contributed by atoms with Crippen molar-refractivity contribution in [1.82, 2.24) is 4.90 Å². The number of nitrogens with zero attached hydrogens (tertiary/aromatic N) is 1. The molecule has 1 saturated heterocycles. The molecule has 3 rings (SSSR count). The molecule has 0 radical (unpaired) electrons. The molecule has 1 heterocycles. The van der Waals surface area contributed by atoms with Crippen LogP contribution in [0, 0.1) is 5.82 Å². The van der Waals surface area contributed by atoms with Crippen LogP contribution in [0.5, 0.6) is 5.75 Å². The van der Waals surface area contributed by atoms with E-state index in [9.17, 15) is 9.18 Å². The Labute approximate surface area is 172 Å². The van der Waals surface area contributed by atoms with Gasteiger partial charge in [-0.1, -0.05) is 30.3 Å². The second kappa shape index (κ2) is 9.39. The van der Waals surface area contributed by atoms with Crippen molar-refractivity contribution in [3.8, 4) is 5.75 Å². The Kier molecular flexibility index (Phi) is 7.44. The fraction of sp³-hybridized carbons (Fsp3) is 0.409. The molecular formula is C22H28ClFN2O2. The minimum Gasteiger partial charge on any atom is -0.496 e. The first-order chi connectivity index (χ1) is 12.9. The third kappa shape index (κ3) is 5.03.